The van der Waals surface area contributed by atoms with Crippen molar-refractivity contribution >= 4 is 15.9 Å². The molecule has 0 radical (unpaired) electrons. The molecule has 0 bridgehead atoms. The second-order valence-corrected chi connectivity index (χ2v) is 7.06. The van der Waals surface area contributed by atoms with Gasteiger partial charge in [0.15, 0.2) is 0 Å². The Balaban J connectivity index is 2.62. The second kappa shape index (κ2) is 7.71. The van der Waals surface area contributed by atoms with Gasteiger partial charge in [0.25, 0.3) is 0 Å². The van der Waals surface area contributed by atoms with Gasteiger partial charge in [0.05, 0.1) is 0 Å². The molecule has 110 valence electrons. The van der Waals surface area contributed by atoms with E-state index in [2.05, 4.69) is 60.9 Å². The van der Waals surface area contributed by atoms with Crippen LogP contribution in [0.4, 0.5) is 0 Å². The fourth-order valence-electron chi connectivity index (χ4n) is 1.68. The summed E-state index contributed by atoms with van der Waals surface area (Å²) < 4.78 is 6.62. The molecule has 3 heteroatoms. The third-order valence-electron chi connectivity index (χ3n) is 3.58. The maximum atomic E-state index is 5.57. The van der Waals surface area contributed by atoms with Gasteiger partial charge in [-0.05, 0) is 36.1 Å². The number of hydrogen-bond donors (Lipinski definition) is 1. The molecule has 1 aromatic carbocycles. The van der Waals surface area contributed by atoms with Crippen LogP contribution in [0.25, 0.3) is 0 Å². The molecule has 0 spiro atoms. The molecule has 0 aliphatic rings. The number of hydrogen-bond acceptors (Lipinski definition) is 2. The van der Waals surface area contributed by atoms with E-state index in [-0.39, 0.29) is 0 Å². The number of nitrogens with one attached hydrogen (secondary N) is 1. The molecule has 1 unspecified atom stereocenters. The van der Waals surface area contributed by atoms with Crippen molar-refractivity contribution in [1.29, 1.82) is 0 Å². The summed E-state index contributed by atoms with van der Waals surface area (Å²) in [4.78, 5) is 0. The first kappa shape index (κ1) is 17.1. The molecule has 0 aliphatic carbocycles. The normalized spacial score (nSPS) is 12.8. The highest BCUT2D eigenvalue weighted by molar-refractivity contribution is 9.10. The third kappa shape index (κ3) is 5.56. The lowest BCUT2D eigenvalue weighted by atomic mass is 9.82. The smallest absolute Gasteiger partial charge is 0.148 e. The van der Waals surface area contributed by atoms with Crippen LogP contribution in [0.5, 0.6) is 5.75 Å². The molecule has 1 atom stereocenters. The quantitative estimate of drug-likeness (QED) is 0.784. The van der Waals surface area contributed by atoms with Crippen LogP contribution in [0.2, 0.25) is 0 Å². The Morgan fingerprint density at radius 3 is 2.70 bits per heavy atom. The van der Waals surface area contributed by atoms with Crippen LogP contribution in [0, 0.1) is 23.7 Å². The minimum Gasteiger partial charge on any atom is -0.481 e. The van der Waals surface area contributed by atoms with Crippen molar-refractivity contribution in [2.45, 2.75) is 34.2 Å². The molecule has 0 aliphatic heterocycles. The van der Waals surface area contributed by atoms with Crippen molar-refractivity contribution in [1.82, 2.24) is 5.32 Å². The Morgan fingerprint density at radius 1 is 1.40 bits per heavy atom. The minimum absolute atomic E-state index is 0.299. The summed E-state index contributed by atoms with van der Waals surface area (Å²) in [6, 6.07) is 5.99. The van der Waals surface area contributed by atoms with E-state index >= 15 is 0 Å². The van der Waals surface area contributed by atoms with E-state index in [0.717, 1.165) is 28.9 Å². The monoisotopic (exact) mass is 337 g/mol. The summed E-state index contributed by atoms with van der Waals surface area (Å²) in [5.74, 6) is 3.95. The van der Waals surface area contributed by atoms with E-state index in [9.17, 15) is 0 Å². The molecular weight excluding hydrogens is 314 g/mol. The highest BCUT2D eigenvalue weighted by atomic mass is 79.9. The number of halogens is 1. The maximum absolute atomic E-state index is 5.57. The highest BCUT2D eigenvalue weighted by Crippen LogP contribution is 2.26. The fraction of sp³-hybridized carbons (Fsp3) is 0.529. The number of ether oxygens (including phenoxy) is 1. The predicted molar refractivity (Wildman–Crippen MR) is 88.8 cm³/mol. The van der Waals surface area contributed by atoms with Gasteiger partial charge in [-0.15, -0.1) is 6.42 Å². The fourth-order valence-corrected chi connectivity index (χ4v) is 2.08. The van der Waals surface area contributed by atoms with Gasteiger partial charge >= 0.3 is 0 Å². The number of rotatable bonds is 6. The van der Waals surface area contributed by atoms with E-state index < -0.39 is 0 Å². The summed E-state index contributed by atoms with van der Waals surface area (Å²) in [5, 5.41) is 3.50. The van der Waals surface area contributed by atoms with Gasteiger partial charge in [-0.3, -0.25) is 0 Å². The van der Waals surface area contributed by atoms with Gasteiger partial charge in [-0.2, -0.15) is 0 Å². The molecular formula is C17H24BrNO. The largest absolute Gasteiger partial charge is 0.481 e. The standard InChI is InChI=1S/C17H24BrNO/c1-6-9-20-16-8-7-15(18)10-14(16)12-19-11-13(2)17(3,4)5/h1,7-8,10,13,19H,9,11-12H2,2-5H3. The van der Waals surface area contributed by atoms with Gasteiger partial charge in [0.1, 0.15) is 12.4 Å². The minimum atomic E-state index is 0.299. The molecule has 1 aromatic rings. The molecule has 0 amide bonds. The van der Waals surface area contributed by atoms with Crippen molar-refractivity contribution in [3.8, 4) is 18.1 Å². The lowest BCUT2D eigenvalue weighted by Gasteiger charge is -2.27. The van der Waals surface area contributed by atoms with Gasteiger partial charge in [-0.1, -0.05) is 49.5 Å². The van der Waals surface area contributed by atoms with E-state index in [1.165, 1.54) is 0 Å². The first-order valence-corrected chi connectivity index (χ1v) is 7.69. The number of benzene rings is 1. The Bertz CT molecular complexity index is 471. The molecule has 1 rings (SSSR count). The van der Waals surface area contributed by atoms with Gasteiger partial charge in [0, 0.05) is 16.6 Å². The van der Waals surface area contributed by atoms with Crippen LogP contribution < -0.4 is 10.1 Å². The van der Waals surface area contributed by atoms with Crippen LogP contribution >= 0.6 is 15.9 Å². The van der Waals surface area contributed by atoms with Crippen molar-refractivity contribution in [2.24, 2.45) is 11.3 Å². The van der Waals surface area contributed by atoms with Crippen molar-refractivity contribution in [3.63, 3.8) is 0 Å². The molecule has 2 nitrogen and oxygen atoms in total. The van der Waals surface area contributed by atoms with E-state index in [4.69, 9.17) is 11.2 Å². The lowest BCUT2D eigenvalue weighted by Crippen LogP contribution is -2.29. The Morgan fingerprint density at radius 2 is 2.10 bits per heavy atom. The average molecular weight is 338 g/mol. The zero-order chi connectivity index (χ0) is 15.2. The third-order valence-corrected chi connectivity index (χ3v) is 4.07. The summed E-state index contributed by atoms with van der Waals surface area (Å²) in [7, 11) is 0. The Hall–Kier alpha value is -0.980. The summed E-state index contributed by atoms with van der Waals surface area (Å²) >= 11 is 3.49. The van der Waals surface area contributed by atoms with Gasteiger partial charge in [-0.25, -0.2) is 0 Å². The van der Waals surface area contributed by atoms with Crippen LogP contribution in [-0.2, 0) is 6.54 Å². The van der Waals surface area contributed by atoms with Crippen molar-refractivity contribution in [2.75, 3.05) is 13.2 Å². The van der Waals surface area contributed by atoms with Crippen LogP contribution in [0.1, 0.15) is 33.3 Å². The van der Waals surface area contributed by atoms with Gasteiger partial charge < -0.3 is 10.1 Å². The first-order chi connectivity index (χ1) is 9.34. The molecule has 1 N–H and O–H groups in total. The topological polar surface area (TPSA) is 21.3 Å². The van der Waals surface area contributed by atoms with Crippen molar-refractivity contribution in [3.05, 3.63) is 28.2 Å². The van der Waals surface area contributed by atoms with Crippen LogP contribution in [-0.4, -0.2) is 13.2 Å². The van der Waals surface area contributed by atoms with Gasteiger partial charge in [0.2, 0.25) is 0 Å². The highest BCUT2D eigenvalue weighted by Gasteiger charge is 2.19. The van der Waals surface area contributed by atoms with E-state index in [1.807, 2.05) is 12.1 Å². The lowest BCUT2D eigenvalue weighted by molar-refractivity contribution is 0.252. The summed E-state index contributed by atoms with van der Waals surface area (Å²) in [6.07, 6.45) is 5.24. The Labute approximate surface area is 131 Å². The molecule has 0 heterocycles. The van der Waals surface area contributed by atoms with Crippen LogP contribution in [0.15, 0.2) is 22.7 Å². The predicted octanol–water partition coefficient (Wildman–Crippen LogP) is 4.23. The molecule has 20 heavy (non-hydrogen) atoms. The SMILES string of the molecule is C#CCOc1ccc(Br)cc1CNCC(C)C(C)(C)C. The average Bonchev–Trinajstić information content (AvgIpc) is 2.36. The van der Waals surface area contributed by atoms with E-state index in [0.29, 0.717) is 17.9 Å². The van der Waals surface area contributed by atoms with Crippen LogP contribution in [0.3, 0.4) is 0 Å². The van der Waals surface area contributed by atoms with E-state index in [1.54, 1.807) is 0 Å². The first-order valence-electron chi connectivity index (χ1n) is 6.90. The zero-order valence-electron chi connectivity index (χ0n) is 12.8. The molecule has 0 saturated heterocycles. The summed E-state index contributed by atoms with van der Waals surface area (Å²) in [5.41, 5.74) is 1.43. The Kier molecular flexibility index (Phi) is 6.58. The second-order valence-electron chi connectivity index (χ2n) is 6.14. The number of terminal acetylenes is 1. The molecule has 0 saturated carbocycles. The maximum Gasteiger partial charge on any atom is 0.148 e. The zero-order valence-corrected chi connectivity index (χ0v) is 14.4. The summed E-state index contributed by atoms with van der Waals surface area (Å²) in [6.45, 7) is 11.1. The molecule has 0 fully saturated rings. The van der Waals surface area contributed by atoms with Crippen molar-refractivity contribution < 1.29 is 4.74 Å². The molecule has 0 aromatic heterocycles.